The van der Waals surface area contributed by atoms with Crippen LogP contribution in [0.15, 0.2) is 36.4 Å². The molecule has 140 valence electrons. The van der Waals surface area contributed by atoms with Crippen molar-refractivity contribution in [2.45, 2.75) is 6.54 Å². The fourth-order valence-electron chi connectivity index (χ4n) is 2.52. The molecule has 1 N–H and O–H groups in total. The molecule has 2 aromatic carbocycles. The number of carbonyl (C=O) groups excluding carboxylic acids is 1. The second-order valence-electron chi connectivity index (χ2n) is 5.76. The van der Waals surface area contributed by atoms with E-state index in [2.05, 4.69) is 5.32 Å². The first-order chi connectivity index (χ1) is 12.5. The van der Waals surface area contributed by atoms with Crippen LogP contribution in [-0.2, 0) is 11.3 Å². The largest absolute Gasteiger partial charge is 0.497 e. The Kier molecular flexibility index (Phi) is 6.80. The second-order valence-corrected chi connectivity index (χ2v) is 5.76. The number of benzene rings is 2. The van der Waals surface area contributed by atoms with E-state index < -0.39 is 5.82 Å². The second kappa shape index (κ2) is 9.05. The fraction of sp³-hybridized carbons (Fsp3) is 0.316. The fourth-order valence-corrected chi connectivity index (χ4v) is 2.52. The molecule has 0 atom stereocenters. The molecule has 2 aromatic rings. The standard InChI is InChI=1S/C19H23FN2O4/c1-22(11-13-5-7-17(25-3)15(20)9-13)12-19(23)21-16-10-14(24-2)6-8-18(16)26-4/h5-10H,11-12H2,1-4H3,(H,21,23). The maximum absolute atomic E-state index is 13.8. The minimum Gasteiger partial charge on any atom is -0.497 e. The monoisotopic (exact) mass is 362 g/mol. The lowest BCUT2D eigenvalue weighted by Gasteiger charge is -2.18. The van der Waals surface area contributed by atoms with E-state index in [0.717, 1.165) is 5.56 Å². The molecule has 0 aliphatic heterocycles. The van der Waals surface area contributed by atoms with Gasteiger partial charge in [-0.1, -0.05) is 6.07 Å². The summed E-state index contributed by atoms with van der Waals surface area (Å²) in [5.41, 5.74) is 1.28. The molecule has 0 saturated heterocycles. The van der Waals surface area contributed by atoms with Crippen LogP contribution in [0.2, 0.25) is 0 Å². The van der Waals surface area contributed by atoms with Crippen molar-refractivity contribution >= 4 is 11.6 Å². The molecule has 0 aliphatic rings. The summed E-state index contributed by atoms with van der Waals surface area (Å²) in [5.74, 6) is 0.707. The van der Waals surface area contributed by atoms with Crippen molar-refractivity contribution in [2.75, 3.05) is 40.2 Å². The van der Waals surface area contributed by atoms with Crippen molar-refractivity contribution < 1.29 is 23.4 Å². The SMILES string of the molecule is COc1ccc(OC)c(NC(=O)CN(C)Cc2ccc(OC)c(F)c2)c1. The van der Waals surface area contributed by atoms with Crippen molar-refractivity contribution in [2.24, 2.45) is 0 Å². The Balaban J connectivity index is 1.98. The molecule has 0 fully saturated rings. The summed E-state index contributed by atoms with van der Waals surface area (Å²) in [4.78, 5) is 14.1. The van der Waals surface area contributed by atoms with E-state index in [1.54, 1.807) is 49.4 Å². The maximum atomic E-state index is 13.8. The van der Waals surface area contributed by atoms with Crippen LogP contribution >= 0.6 is 0 Å². The van der Waals surface area contributed by atoms with Crippen molar-refractivity contribution in [1.29, 1.82) is 0 Å². The molecular weight excluding hydrogens is 339 g/mol. The van der Waals surface area contributed by atoms with E-state index in [9.17, 15) is 9.18 Å². The number of rotatable bonds is 8. The first-order valence-corrected chi connectivity index (χ1v) is 7.99. The van der Waals surface area contributed by atoms with Crippen LogP contribution in [0.4, 0.5) is 10.1 Å². The lowest BCUT2D eigenvalue weighted by molar-refractivity contribution is -0.117. The highest BCUT2D eigenvalue weighted by Crippen LogP contribution is 2.28. The number of likely N-dealkylation sites (N-methyl/N-ethyl adjacent to an activating group) is 1. The van der Waals surface area contributed by atoms with Gasteiger partial charge in [0, 0.05) is 12.6 Å². The summed E-state index contributed by atoms with van der Waals surface area (Å²) in [6.07, 6.45) is 0. The third-order valence-electron chi connectivity index (χ3n) is 3.76. The van der Waals surface area contributed by atoms with E-state index in [4.69, 9.17) is 14.2 Å². The number of methoxy groups -OCH3 is 3. The molecule has 0 saturated carbocycles. The lowest BCUT2D eigenvalue weighted by Crippen LogP contribution is -2.30. The van der Waals surface area contributed by atoms with E-state index >= 15 is 0 Å². The van der Waals surface area contributed by atoms with E-state index in [1.165, 1.54) is 20.3 Å². The van der Waals surface area contributed by atoms with E-state index in [1.807, 2.05) is 0 Å². The van der Waals surface area contributed by atoms with E-state index in [0.29, 0.717) is 23.7 Å². The highest BCUT2D eigenvalue weighted by Gasteiger charge is 2.12. The molecule has 0 heterocycles. The third-order valence-corrected chi connectivity index (χ3v) is 3.76. The highest BCUT2D eigenvalue weighted by atomic mass is 19.1. The predicted molar refractivity (Wildman–Crippen MR) is 97.5 cm³/mol. The summed E-state index contributed by atoms with van der Waals surface area (Å²) in [5, 5.41) is 2.80. The molecule has 0 aliphatic carbocycles. The molecular formula is C19H23FN2O4. The Labute approximate surface area is 152 Å². The topological polar surface area (TPSA) is 60.0 Å². The number of halogens is 1. The summed E-state index contributed by atoms with van der Waals surface area (Å²) < 4.78 is 29.1. The average molecular weight is 362 g/mol. The first kappa shape index (κ1) is 19.5. The van der Waals surface area contributed by atoms with Gasteiger partial charge in [0.15, 0.2) is 11.6 Å². The number of amides is 1. The molecule has 0 radical (unpaired) electrons. The molecule has 1 amide bonds. The van der Waals surface area contributed by atoms with Gasteiger partial charge in [-0.3, -0.25) is 9.69 Å². The summed E-state index contributed by atoms with van der Waals surface area (Å²) in [6, 6.07) is 9.89. The van der Waals surface area contributed by atoms with Crippen molar-refractivity contribution in [3.8, 4) is 17.2 Å². The van der Waals surface area contributed by atoms with Gasteiger partial charge in [0.05, 0.1) is 33.6 Å². The number of carbonyl (C=O) groups is 1. The number of nitrogens with one attached hydrogen (secondary N) is 1. The zero-order valence-electron chi connectivity index (χ0n) is 15.3. The van der Waals surface area contributed by atoms with Gasteiger partial charge in [-0.05, 0) is 36.9 Å². The van der Waals surface area contributed by atoms with Crippen molar-refractivity contribution in [3.63, 3.8) is 0 Å². The van der Waals surface area contributed by atoms with Crippen LogP contribution in [0.3, 0.4) is 0 Å². The quantitative estimate of drug-likeness (QED) is 0.782. The van der Waals surface area contributed by atoms with Crippen LogP contribution in [0.1, 0.15) is 5.56 Å². The van der Waals surface area contributed by atoms with Crippen molar-refractivity contribution in [3.05, 3.63) is 47.8 Å². The molecule has 6 nitrogen and oxygen atoms in total. The zero-order valence-corrected chi connectivity index (χ0v) is 15.3. The molecule has 26 heavy (non-hydrogen) atoms. The van der Waals surface area contributed by atoms with Gasteiger partial charge in [-0.15, -0.1) is 0 Å². The van der Waals surface area contributed by atoms with E-state index in [-0.39, 0.29) is 18.2 Å². The number of hydrogen-bond acceptors (Lipinski definition) is 5. The molecule has 0 spiro atoms. The van der Waals surface area contributed by atoms with Gasteiger partial charge in [-0.2, -0.15) is 0 Å². The van der Waals surface area contributed by atoms with Crippen molar-refractivity contribution in [1.82, 2.24) is 4.90 Å². The molecule has 0 unspecified atom stereocenters. The smallest absolute Gasteiger partial charge is 0.238 e. The predicted octanol–water partition coefficient (Wildman–Crippen LogP) is 2.92. The Hall–Kier alpha value is -2.80. The highest BCUT2D eigenvalue weighted by molar-refractivity contribution is 5.93. The molecule has 0 bridgehead atoms. The van der Waals surface area contributed by atoms with Gasteiger partial charge in [0.1, 0.15) is 11.5 Å². The zero-order chi connectivity index (χ0) is 19.1. The van der Waals surface area contributed by atoms with Crippen LogP contribution in [0, 0.1) is 5.82 Å². The van der Waals surface area contributed by atoms with Crippen LogP contribution in [0.5, 0.6) is 17.2 Å². The number of hydrogen-bond donors (Lipinski definition) is 1. The molecule has 7 heteroatoms. The Bertz CT molecular complexity index is 767. The normalized spacial score (nSPS) is 10.5. The number of ether oxygens (including phenoxy) is 3. The Morgan fingerprint density at radius 3 is 2.35 bits per heavy atom. The minimum absolute atomic E-state index is 0.133. The number of nitrogens with zero attached hydrogens (tertiary/aromatic N) is 1. The Morgan fingerprint density at radius 1 is 1.04 bits per heavy atom. The van der Waals surface area contributed by atoms with Crippen LogP contribution in [-0.4, -0.2) is 45.7 Å². The van der Waals surface area contributed by atoms with Crippen LogP contribution in [0.25, 0.3) is 0 Å². The van der Waals surface area contributed by atoms with Crippen LogP contribution < -0.4 is 19.5 Å². The minimum atomic E-state index is -0.427. The molecule has 2 rings (SSSR count). The van der Waals surface area contributed by atoms with Gasteiger partial charge < -0.3 is 19.5 Å². The summed E-state index contributed by atoms with van der Waals surface area (Å²) in [6.45, 7) is 0.553. The Morgan fingerprint density at radius 2 is 1.73 bits per heavy atom. The van der Waals surface area contributed by atoms with Gasteiger partial charge in [-0.25, -0.2) is 4.39 Å². The molecule has 0 aromatic heterocycles. The first-order valence-electron chi connectivity index (χ1n) is 7.99. The van der Waals surface area contributed by atoms with Gasteiger partial charge in [0.25, 0.3) is 0 Å². The number of anilines is 1. The third kappa shape index (κ3) is 5.10. The van der Waals surface area contributed by atoms with Gasteiger partial charge in [0.2, 0.25) is 5.91 Å². The van der Waals surface area contributed by atoms with Gasteiger partial charge >= 0.3 is 0 Å². The lowest BCUT2D eigenvalue weighted by atomic mass is 10.2. The average Bonchev–Trinajstić information content (AvgIpc) is 2.61. The maximum Gasteiger partial charge on any atom is 0.238 e. The summed E-state index contributed by atoms with van der Waals surface area (Å²) in [7, 11) is 6.28. The summed E-state index contributed by atoms with van der Waals surface area (Å²) >= 11 is 0.